The summed E-state index contributed by atoms with van der Waals surface area (Å²) in [6.07, 6.45) is 0. The third-order valence-electron chi connectivity index (χ3n) is 2.29. The number of rotatable bonds is 5. The molecule has 0 saturated carbocycles. The van der Waals surface area contributed by atoms with E-state index < -0.39 is 5.97 Å². The minimum Gasteiger partial charge on any atom is -0.480 e. The van der Waals surface area contributed by atoms with Crippen molar-refractivity contribution < 1.29 is 19.1 Å². The molecule has 1 aromatic heterocycles. The first-order valence-electron chi connectivity index (χ1n) is 5.35. The van der Waals surface area contributed by atoms with E-state index in [4.69, 9.17) is 14.3 Å². The molecule has 2 rings (SSSR count). The lowest BCUT2D eigenvalue weighted by Gasteiger charge is -1.99. The van der Waals surface area contributed by atoms with Crippen LogP contribution in [0.5, 0.6) is 0 Å². The Hall–Kier alpha value is -2.21. The van der Waals surface area contributed by atoms with E-state index >= 15 is 0 Å². The van der Waals surface area contributed by atoms with Crippen molar-refractivity contribution in [2.45, 2.75) is 13.5 Å². The average Bonchev–Trinajstić information content (AvgIpc) is 2.78. The highest BCUT2D eigenvalue weighted by atomic mass is 16.5. The van der Waals surface area contributed by atoms with E-state index in [9.17, 15) is 4.79 Å². The molecular weight excluding hydrogens is 236 g/mol. The smallest absolute Gasteiger partial charge is 0.329 e. The second-order valence-electron chi connectivity index (χ2n) is 3.70. The molecule has 0 aliphatic rings. The topological polar surface area (TPSA) is 85.5 Å². The van der Waals surface area contributed by atoms with Crippen molar-refractivity contribution in [2.24, 2.45) is 0 Å². The van der Waals surface area contributed by atoms with Crippen molar-refractivity contribution in [1.82, 2.24) is 10.2 Å². The van der Waals surface area contributed by atoms with Gasteiger partial charge in [-0.05, 0) is 18.6 Å². The zero-order chi connectivity index (χ0) is 13.0. The number of hydrogen-bond donors (Lipinski definition) is 1. The highest BCUT2D eigenvalue weighted by molar-refractivity contribution is 5.67. The lowest BCUT2D eigenvalue weighted by atomic mass is 10.1. The number of aromatic nitrogens is 2. The fourth-order valence-corrected chi connectivity index (χ4v) is 1.46. The molecule has 0 aliphatic carbocycles. The maximum atomic E-state index is 10.3. The van der Waals surface area contributed by atoms with Gasteiger partial charge in [-0.15, -0.1) is 10.2 Å². The largest absolute Gasteiger partial charge is 0.480 e. The van der Waals surface area contributed by atoms with Crippen molar-refractivity contribution in [3.63, 3.8) is 0 Å². The van der Waals surface area contributed by atoms with Crippen LogP contribution in [0, 0.1) is 6.92 Å². The van der Waals surface area contributed by atoms with Gasteiger partial charge in [0.25, 0.3) is 0 Å². The fraction of sp³-hybridized carbons (Fsp3) is 0.250. The number of nitrogens with zero attached hydrogens (tertiary/aromatic N) is 2. The number of aliphatic carboxylic acids is 1. The Morgan fingerprint density at radius 2 is 2.17 bits per heavy atom. The van der Waals surface area contributed by atoms with Gasteiger partial charge < -0.3 is 14.3 Å². The molecule has 1 heterocycles. The first kappa shape index (κ1) is 12.3. The van der Waals surface area contributed by atoms with Crippen LogP contribution in [-0.4, -0.2) is 27.9 Å². The van der Waals surface area contributed by atoms with Gasteiger partial charge in [-0.1, -0.05) is 18.2 Å². The van der Waals surface area contributed by atoms with Gasteiger partial charge in [-0.2, -0.15) is 0 Å². The summed E-state index contributed by atoms with van der Waals surface area (Å²) in [4.78, 5) is 10.3. The Morgan fingerprint density at radius 3 is 2.89 bits per heavy atom. The Morgan fingerprint density at radius 1 is 1.39 bits per heavy atom. The normalized spacial score (nSPS) is 10.5. The molecule has 0 bridgehead atoms. The monoisotopic (exact) mass is 248 g/mol. The van der Waals surface area contributed by atoms with E-state index in [1.54, 1.807) is 0 Å². The van der Waals surface area contributed by atoms with Crippen LogP contribution in [0.3, 0.4) is 0 Å². The maximum Gasteiger partial charge on any atom is 0.329 e. The molecule has 94 valence electrons. The fourth-order valence-electron chi connectivity index (χ4n) is 1.46. The Kier molecular flexibility index (Phi) is 3.69. The van der Waals surface area contributed by atoms with Crippen LogP contribution in [0.25, 0.3) is 11.5 Å². The van der Waals surface area contributed by atoms with Gasteiger partial charge in [0.15, 0.2) is 0 Å². The van der Waals surface area contributed by atoms with Crippen LogP contribution in [0.2, 0.25) is 0 Å². The van der Waals surface area contributed by atoms with E-state index in [0.29, 0.717) is 5.89 Å². The molecule has 0 atom stereocenters. The summed E-state index contributed by atoms with van der Waals surface area (Å²) < 4.78 is 10.3. The van der Waals surface area contributed by atoms with Crippen LogP contribution in [-0.2, 0) is 16.1 Å². The molecule has 6 heteroatoms. The van der Waals surface area contributed by atoms with E-state index in [1.165, 1.54) is 0 Å². The maximum absolute atomic E-state index is 10.3. The van der Waals surface area contributed by atoms with Crippen LogP contribution < -0.4 is 0 Å². The number of aryl methyl sites for hydroxylation is 1. The number of benzene rings is 1. The molecule has 0 aliphatic heterocycles. The molecule has 1 N–H and O–H groups in total. The van der Waals surface area contributed by atoms with Gasteiger partial charge in [0.05, 0.1) is 0 Å². The summed E-state index contributed by atoms with van der Waals surface area (Å²) in [6.45, 7) is 1.55. The number of carboxylic acids is 1. The second kappa shape index (κ2) is 5.42. The third-order valence-corrected chi connectivity index (χ3v) is 2.29. The molecular formula is C12H12N2O4. The summed E-state index contributed by atoms with van der Waals surface area (Å²) in [5.41, 5.74) is 1.88. The Bertz CT molecular complexity index is 551. The highest BCUT2D eigenvalue weighted by Gasteiger charge is 2.10. The minimum atomic E-state index is -1.03. The second-order valence-corrected chi connectivity index (χ2v) is 3.70. The van der Waals surface area contributed by atoms with Crippen molar-refractivity contribution in [3.8, 4) is 11.5 Å². The van der Waals surface area contributed by atoms with Crippen LogP contribution in [0.1, 0.15) is 11.5 Å². The predicted molar refractivity (Wildman–Crippen MR) is 61.8 cm³/mol. The molecule has 0 radical (unpaired) electrons. The van der Waals surface area contributed by atoms with Crippen molar-refractivity contribution in [2.75, 3.05) is 6.61 Å². The lowest BCUT2D eigenvalue weighted by Crippen LogP contribution is -2.06. The van der Waals surface area contributed by atoms with Gasteiger partial charge in [-0.3, -0.25) is 0 Å². The number of hydrogen-bond acceptors (Lipinski definition) is 5. The number of carbonyl (C=O) groups is 1. The zero-order valence-electron chi connectivity index (χ0n) is 9.79. The molecule has 0 fully saturated rings. The van der Waals surface area contributed by atoms with Gasteiger partial charge in [0, 0.05) is 5.56 Å². The van der Waals surface area contributed by atoms with E-state index in [1.807, 2.05) is 31.2 Å². The number of ether oxygens (including phenoxy) is 1. The molecule has 18 heavy (non-hydrogen) atoms. The van der Waals surface area contributed by atoms with Crippen molar-refractivity contribution >= 4 is 5.97 Å². The molecule has 0 saturated heterocycles. The Labute approximate surface area is 103 Å². The van der Waals surface area contributed by atoms with Gasteiger partial charge in [-0.25, -0.2) is 4.79 Å². The average molecular weight is 248 g/mol. The summed E-state index contributed by atoms with van der Waals surface area (Å²) in [7, 11) is 0. The summed E-state index contributed by atoms with van der Waals surface area (Å²) in [5, 5.41) is 16.1. The van der Waals surface area contributed by atoms with Gasteiger partial charge >= 0.3 is 5.97 Å². The third kappa shape index (κ3) is 2.92. The first-order chi connectivity index (χ1) is 8.66. The molecule has 0 spiro atoms. The number of carboxylic acid groups (broad SMARTS) is 1. The summed E-state index contributed by atoms with van der Waals surface area (Å²) in [5.74, 6) is -0.370. The minimum absolute atomic E-state index is 0.00875. The Balaban J connectivity index is 2.06. The standard InChI is InChI=1S/C12H12N2O4/c1-8-4-2-3-5-9(8)12-14-13-10(18-12)6-17-7-11(15)16/h2-5H,6-7H2,1H3,(H,15,16). The van der Waals surface area contributed by atoms with Crippen molar-refractivity contribution in [3.05, 3.63) is 35.7 Å². The quantitative estimate of drug-likeness (QED) is 0.865. The lowest BCUT2D eigenvalue weighted by molar-refractivity contribution is -0.142. The molecule has 2 aromatic rings. The van der Waals surface area contributed by atoms with Gasteiger partial charge in [0.2, 0.25) is 11.8 Å². The summed E-state index contributed by atoms with van der Waals surface area (Å²) in [6, 6.07) is 7.63. The van der Waals surface area contributed by atoms with E-state index in [0.717, 1.165) is 11.1 Å². The van der Waals surface area contributed by atoms with Gasteiger partial charge in [0.1, 0.15) is 13.2 Å². The molecule has 6 nitrogen and oxygen atoms in total. The van der Waals surface area contributed by atoms with Crippen molar-refractivity contribution in [1.29, 1.82) is 0 Å². The van der Waals surface area contributed by atoms with Crippen LogP contribution in [0.15, 0.2) is 28.7 Å². The van der Waals surface area contributed by atoms with Crippen LogP contribution in [0.4, 0.5) is 0 Å². The van der Waals surface area contributed by atoms with E-state index in [-0.39, 0.29) is 19.1 Å². The predicted octanol–water partition coefficient (Wildman–Crippen LogP) is 1.65. The van der Waals surface area contributed by atoms with E-state index in [2.05, 4.69) is 10.2 Å². The zero-order valence-corrected chi connectivity index (χ0v) is 9.79. The molecule has 1 aromatic carbocycles. The highest BCUT2D eigenvalue weighted by Crippen LogP contribution is 2.21. The first-order valence-corrected chi connectivity index (χ1v) is 5.35. The van der Waals surface area contributed by atoms with Crippen LogP contribution >= 0.6 is 0 Å². The SMILES string of the molecule is Cc1ccccc1-c1nnc(COCC(=O)O)o1. The molecule has 0 amide bonds. The summed E-state index contributed by atoms with van der Waals surface area (Å²) >= 11 is 0. The molecule has 0 unspecified atom stereocenters.